The number of furan rings is 1. The zero-order valence-corrected chi connectivity index (χ0v) is 13.9. The summed E-state index contributed by atoms with van der Waals surface area (Å²) in [4.78, 5) is 6.78. The van der Waals surface area contributed by atoms with E-state index in [4.69, 9.17) is 13.6 Å². The Morgan fingerprint density at radius 2 is 2.08 bits per heavy atom. The van der Waals surface area contributed by atoms with E-state index < -0.39 is 0 Å². The van der Waals surface area contributed by atoms with Gasteiger partial charge >= 0.3 is 0 Å². The van der Waals surface area contributed by atoms with Crippen molar-refractivity contribution in [2.45, 2.75) is 26.0 Å². The van der Waals surface area contributed by atoms with Crippen LogP contribution in [0.1, 0.15) is 17.0 Å². The normalized spacial score (nSPS) is 16.4. The zero-order valence-electron chi connectivity index (χ0n) is 13.9. The standard InChI is InChI=1S/C19H20N2O3/c1-13-16(20-19(23-13)18-8-5-9-22-18)12-21(2)11-15-10-14-6-3-4-7-17(14)24-15/h3-9,15H,10-12H2,1-2H3. The number of ether oxygens (including phenoxy) is 1. The van der Waals surface area contributed by atoms with Crippen LogP contribution in [0.3, 0.4) is 0 Å². The minimum absolute atomic E-state index is 0.184. The van der Waals surface area contributed by atoms with E-state index in [0.717, 1.165) is 30.2 Å². The largest absolute Gasteiger partial charge is 0.488 e. The molecule has 0 aliphatic carbocycles. The van der Waals surface area contributed by atoms with E-state index in [1.54, 1.807) is 6.26 Å². The molecule has 1 atom stereocenters. The van der Waals surface area contributed by atoms with Crippen LogP contribution in [-0.2, 0) is 13.0 Å². The van der Waals surface area contributed by atoms with Gasteiger partial charge in [-0.25, -0.2) is 4.98 Å². The van der Waals surface area contributed by atoms with Crippen LogP contribution in [0.5, 0.6) is 5.75 Å². The molecule has 3 heterocycles. The highest BCUT2D eigenvalue weighted by Crippen LogP contribution is 2.29. The van der Waals surface area contributed by atoms with E-state index in [-0.39, 0.29) is 6.10 Å². The van der Waals surface area contributed by atoms with E-state index >= 15 is 0 Å². The molecule has 124 valence electrons. The molecule has 0 spiro atoms. The van der Waals surface area contributed by atoms with E-state index in [2.05, 4.69) is 29.1 Å². The van der Waals surface area contributed by atoms with Gasteiger partial charge in [-0.05, 0) is 37.7 Å². The molecule has 1 aromatic carbocycles. The predicted molar refractivity (Wildman–Crippen MR) is 89.8 cm³/mol. The fourth-order valence-electron chi connectivity index (χ4n) is 3.10. The van der Waals surface area contributed by atoms with Crippen molar-refractivity contribution >= 4 is 0 Å². The summed E-state index contributed by atoms with van der Waals surface area (Å²) in [6.07, 6.45) is 2.76. The molecule has 24 heavy (non-hydrogen) atoms. The fraction of sp³-hybridized carbons (Fsp3) is 0.316. The second-order valence-electron chi connectivity index (χ2n) is 6.25. The first-order chi connectivity index (χ1) is 11.7. The molecule has 0 saturated heterocycles. The maximum Gasteiger partial charge on any atom is 0.263 e. The lowest BCUT2D eigenvalue weighted by Gasteiger charge is -2.19. The average Bonchev–Trinajstić information content (AvgIpc) is 3.27. The van der Waals surface area contributed by atoms with Crippen molar-refractivity contribution in [3.05, 3.63) is 59.7 Å². The van der Waals surface area contributed by atoms with E-state index in [1.807, 2.05) is 31.2 Å². The van der Waals surface area contributed by atoms with Gasteiger partial charge < -0.3 is 13.6 Å². The Labute approximate surface area is 140 Å². The Morgan fingerprint density at radius 3 is 2.88 bits per heavy atom. The number of aromatic nitrogens is 1. The SMILES string of the molecule is Cc1oc(-c2ccco2)nc1CN(C)CC1Cc2ccccc2O1. The van der Waals surface area contributed by atoms with Gasteiger partial charge in [-0.2, -0.15) is 0 Å². The molecule has 2 aromatic heterocycles. The molecule has 5 nitrogen and oxygen atoms in total. The molecule has 1 aliphatic heterocycles. The molecule has 1 aliphatic rings. The summed E-state index contributed by atoms with van der Waals surface area (Å²) in [5.41, 5.74) is 2.22. The van der Waals surface area contributed by atoms with Gasteiger partial charge in [-0.3, -0.25) is 4.90 Å². The number of hydrogen-bond acceptors (Lipinski definition) is 5. The summed E-state index contributed by atoms with van der Waals surface area (Å²) in [6.45, 7) is 3.49. The van der Waals surface area contributed by atoms with Crippen LogP contribution in [0, 0.1) is 6.92 Å². The summed E-state index contributed by atoms with van der Waals surface area (Å²) in [7, 11) is 2.08. The van der Waals surface area contributed by atoms with Crippen LogP contribution in [0.4, 0.5) is 0 Å². The van der Waals surface area contributed by atoms with Crippen LogP contribution in [0.25, 0.3) is 11.7 Å². The maximum absolute atomic E-state index is 6.01. The molecule has 0 radical (unpaired) electrons. The highest BCUT2D eigenvalue weighted by molar-refractivity contribution is 5.44. The number of fused-ring (bicyclic) bond motifs is 1. The second-order valence-corrected chi connectivity index (χ2v) is 6.25. The first-order valence-corrected chi connectivity index (χ1v) is 8.12. The van der Waals surface area contributed by atoms with E-state index in [9.17, 15) is 0 Å². The first-order valence-electron chi connectivity index (χ1n) is 8.12. The number of aryl methyl sites for hydroxylation is 1. The maximum atomic E-state index is 6.01. The summed E-state index contributed by atoms with van der Waals surface area (Å²) in [5, 5.41) is 0. The summed E-state index contributed by atoms with van der Waals surface area (Å²) < 4.78 is 17.1. The van der Waals surface area contributed by atoms with Crippen molar-refractivity contribution in [1.82, 2.24) is 9.88 Å². The zero-order chi connectivity index (χ0) is 16.5. The molecule has 4 rings (SSSR count). The summed E-state index contributed by atoms with van der Waals surface area (Å²) >= 11 is 0. The number of para-hydroxylation sites is 1. The predicted octanol–water partition coefficient (Wildman–Crippen LogP) is 3.68. The summed E-state index contributed by atoms with van der Waals surface area (Å²) in [6, 6.07) is 11.9. The highest BCUT2D eigenvalue weighted by atomic mass is 16.5. The van der Waals surface area contributed by atoms with Gasteiger partial charge in [0.05, 0.1) is 12.0 Å². The van der Waals surface area contributed by atoms with Gasteiger partial charge in [-0.1, -0.05) is 18.2 Å². The third-order valence-electron chi connectivity index (χ3n) is 4.27. The highest BCUT2D eigenvalue weighted by Gasteiger charge is 2.24. The molecule has 3 aromatic rings. The molecule has 5 heteroatoms. The van der Waals surface area contributed by atoms with Crippen molar-refractivity contribution < 1.29 is 13.6 Å². The van der Waals surface area contributed by atoms with E-state index in [0.29, 0.717) is 18.2 Å². The Bertz CT molecular complexity index is 798. The molecule has 0 fully saturated rings. The van der Waals surface area contributed by atoms with Crippen molar-refractivity contribution in [2.24, 2.45) is 0 Å². The van der Waals surface area contributed by atoms with Gasteiger partial charge in [0.1, 0.15) is 17.6 Å². The average molecular weight is 324 g/mol. The quantitative estimate of drug-likeness (QED) is 0.716. The molecule has 1 unspecified atom stereocenters. The number of rotatable bonds is 5. The van der Waals surface area contributed by atoms with Gasteiger partial charge in [0.2, 0.25) is 0 Å². The van der Waals surface area contributed by atoms with Crippen LogP contribution in [0.15, 0.2) is 51.5 Å². The number of nitrogens with zero attached hydrogens (tertiary/aromatic N) is 2. The Balaban J connectivity index is 1.39. The van der Waals surface area contributed by atoms with Crippen molar-refractivity contribution in [3.8, 4) is 17.4 Å². The molecule has 0 bridgehead atoms. The van der Waals surface area contributed by atoms with Crippen LogP contribution in [0.2, 0.25) is 0 Å². The Morgan fingerprint density at radius 1 is 1.21 bits per heavy atom. The van der Waals surface area contributed by atoms with Gasteiger partial charge in [0.25, 0.3) is 5.89 Å². The van der Waals surface area contributed by atoms with Crippen molar-refractivity contribution in [1.29, 1.82) is 0 Å². The molecule has 0 saturated carbocycles. The topological polar surface area (TPSA) is 51.6 Å². The summed E-state index contributed by atoms with van der Waals surface area (Å²) in [5.74, 6) is 3.02. The smallest absolute Gasteiger partial charge is 0.263 e. The lowest BCUT2D eigenvalue weighted by molar-refractivity contribution is 0.164. The second kappa shape index (κ2) is 6.17. The number of likely N-dealkylation sites (N-methyl/N-ethyl adjacent to an activating group) is 1. The van der Waals surface area contributed by atoms with Crippen LogP contribution < -0.4 is 4.74 Å². The van der Waals surface area contributed by atoms with Gasteiger partial charge in [-0.15, -0.1) is 0 Å². The van der Waals surface area contributed by atoms with Crippen LogP contribution in [-0.4, -0.2) is 29.6 Å². The minimum Gasteiger partial charge on any atom is -0.488 e. The third kappa shape index (κ3) is 2.95. The van der Waals surface area contributed by atoms with Crippen molar-refractivity contribution in [2.75, 3.05) is 13.6 Å². The molecule has 0 amide bonds. The van der Waals surface area contributed by atoms with E-state index in [1.165, 1.54) is 5.56 Å². The Hall–Kier alpha value is -2.53. The number of hydrogen-bond donors (Lipinski definition) is 0. The fourth-order valence-corrected chi connectivity index (χ4v) is 3.10. The molecular formula is C19H20N2O3. The van der Waals surface area contributed by atoms with Crippen LogP contribution >= 0.6 is 0 Å². The number of benzene rings is 1. The molecule has 0 N–H and O–H groups in total. The van der Waals surface area contributed by atoms with Gasteiger partial charge in [0, 0.05) is 19.5 Å². The monoisotopic (exact) mass is 324 g/mol. The lowest BCUT2D eigenvalue weighted by Crippen LogP contribution is -2.31. The number of oxazole rings is 1. The Kier molecular flexibility index (Phi) is 3.86. The van der Waals surface area contributed by atoms with Gasteiger partial charge in [0.15, 0.2) is 5.76 Å². The lowest BCUT2D eigenvalue weighted by atomic mass is 10.1. The first kappa shape index (κ1) is 15.0. The molecular weight excluding hydrogens is 304 g/mol. The van der Waals surface area contributed by atoms with Crippen molar-refractivity contribution in [3.63, 3.8) is 0 Å². The third-order valence-corrected chi connectivity index (χ3v) is 4.27. The minimum atomic E-state index is 0.184.